The van der Waals surface area contributed by atoms with E-state index < -0.39 is 30.8 Å². The summed E-state index contributed by atoms with van der Waals surface area (Å²) in [5.41, 5.74) is 0. The predicted octanol–water partition coefficient (Wildman–Crippen LogP) is 5.03. The summed E-state index contributed by atoms with van der Waals surface area (Å²) in [4.78, 5) is 10.3. The second-order valence-corrected chi connectivity index (χ2v) is 6.16. The number of allylic oxidation sites excluding steroid dienone is 8. The van der Waals surface area contributed by atoms with Gasteiger partial charge in [-0.1, -0.05) is 72.9 Å². The molecule has 0 aromatic heterocycles. The molecule has 0 heterocycles. The van der Waals surface area contributed by atoms with E-state index in [1.54, 1.807) is 60.8 Å². The number of alkyl halides is 3. The number of carboxylic acids is 1. The van der Waals surface area contributed by atoms with Gasteiger partial charge in [0.05, 0.1) is 18.6 Å². The normalized spacial score (nSPS) is 15.8. The minimum absolute atomic E-state index is 0.0676. The van der Waals surface area contributed by atoms with Crippen LogP contribution in [0.15, 0.2) is 72.9 Å². The van der Waals surface area contributed by atoms with Crippen LogP contribution in [0.4, 0.5) is 13.2 Å². The molecule has 3 N–H and O–H groups in total. The molecule has 0 saturated heterocycles. The molecule has 0 aromatic carbocycles. The van der Waals surface area contributed by atoms with Gasteiger partial charge in [-0.15, -0.1) is 0 Å². The molecule has 0 aliphatic carbocycles. The summed E-state index contributed by atoms with van der Waals surface area (Å²) in [5.74, 6) is -0.855. The highest BCUT2D eigenvalue weighted by Crippen LogP contribution is 2.19. The summed E-state index contributed by atoms with van der Waals surface area (Å²) < 4.78 is 35.8. The van der Waals surface area contributed by atoms with Gasteiger partial charge in [-0.25, -0.2) is 0 Å². The maximum Gasteiger partial charge on any atom is 0.392 e. The zero-order valence-electron chi connectivity index (χ0n) is 16.2. The van der Waals surface area contributed by atoms with E-state index in [4.69, 9.17) is 5.11 Å². The number of aliphatic hydroxyl groups is 2. The van der Waals surface area contributed by atoms with E-state index >= 15 is 0 Å². The summed E-state index contributed by atoms with van der Waals surface area (Å²) in [6, 6.07) is 0. The van der Waals surface area contributed by atoms with Gasteiger partial charge < -0.3 is 15.3 Å². The van der Waals surface area contributed by atoms with Crippen LogP contribution in [0.25, 0.3) is 0 Å². The first-order valence-electron chi connectivity index (χ1n) is 9.32. The molecule has 0 rings (SSSR count). The number of aliphatic carboxylic acids is 1. The monoisotopic (exact) mass is 414 g/mol. The van der Waals surface area contributed by atoms with Crippen LogP contribution in [-0.4, -0.2) is 39.7 Å². The van der Waals surface area contributed by atoms with E-state index in [0.29, 0.717) is 25.7 Å². The van der Waals surface area contributed by atoms with Crippen molar-refractivity contribution in [1.29, 1.82) is 0 Å². The smallest absolute Gasteiger partial charge is 0.392 e. The predicted molar refractivity (Wildman–Crippen MR) is 108 cm³/mol. The third kappa shape index (κ3) is 21.8. The summed E-state index contributed by atoms with van der Waals surface area (Å²) >= 11 is 0. The van der Waals surface area contributed by atoms with Crippen molar-refractivity contribution in [1.82, 2.24) is 0 Å². The molecule has 0 radical (unpaired) electrons. The zero-order valence-corrected chi connectivity index (χ0v) is 16.2. The molecular formula is C22H29F3O4. The van der Waals surface area contributed by atoms with Crippen molar-refractivity contribution < 1.29 is 33.3 Å². The van der Waals surface area contributed by atoms with E-state index in [9.17, 15) is 28.2 Å². The van der Waals surface area contributed by atoms with E-state index in [0.717, 1.165) is 6.08 Å². The Morgan fingerprint density at radius 2 is 1.31 bits per heavy atom. The number of carbonyl (C=O) groups is 1. The van der Waals surface area contributed by atoms with E-state index in [1.807, 2.05) is 0 Å². The molecule has 0 bridgehead atoms. The van der Waals surface area contributed by atoms with Gasteiger partial charge in [0.15, 0.2) is 0 Å². The van der Waals surface area contributed by atoms with Crippen molar-refractivity contribution in [2.45, 2.75) is 56.9 Å². The Hall–Kier alpha value is -2.38. The van der Waals surface area contributed by atoms with Gasteiger partial charge in [-0.2, -0.15) is 13.2 Å². The molecule has 2 atom stereocenters. The molecule has 0 spiro atoms. The lowest BCUT2D eigenvalue weighted by Crippen LogP contribution is -2.03. The van der Waals surface area contributed by atoms with E-state index in [1.165, 1.54) is 6.08 Å². The third-order valence-corrected chi connectivity index (χ3v) is 3.40. The molecule has 0 aliphatic rings. The first-order chi connectivity index (χ1) is 13.7. The standard InChI is InChI=1S/C22H29F3O4/c23-22(24,25)18-12-5-1-2-7-13-19(26)14-8-3-4-9-15-20(27)16-10-6-11-17-21(28)29/h2-10,12,14-15,19-20,26-27H,1,11,13,16-18H2,(H,28,29)/b4-3+,7-2-,10-6-,12-5-,14-8-,15-9+/t19-,20-/m0/s1. The summed E-state index contributed by atoms with van der Waals surface area (Å²) in [6.45, 7) is 0. The quantitative estimate of drug-likeness (QED) is 0.275. The molecule has 0 unspecified atom stereocenters. The van der Waals surface area contributed by atoms with Gasteiger partial charge in [-0.3, -0.25) is 4.79 Å². The Morgan fingerprint density at radius 1 is 0.793 bits per heavy atom. The molecule has 0 saturated carbocycles. The highest BCUT2D eigenvalue weighted by molar-refractivity contribution is 5.66. The molecule has 29 heavy (non-hydrogen) atoms. The van der Waals surface area contributed by atoms with Gasteiger partial charge in [0.2, 0.25) is 0 Å². The van der Waals surface area contributed by atoms with Crippen molar-refractivity contribution in [2.24, 2.45) is 0 Å². The fraction of sp³-hybridized carbons (Fsp3) is 0.409. The Bertz CT molecular complexity index is 614. The highest BCUT2D eigenvalue weighted by Gasteiger charge is 2.24. The Morgan fingerprint density at radius 3 is 1.83 bits per heavy atom. The Kier molecular flexibility index (Phi) is 15.2. The minimum atomic E-state index is -4.18. The second kappa shape index (κ2) is 16.6. The fourth-order valence-corrected chi connectivity index (χ4v) is 1.95. The maximum atomic E-state index is 11.9. The maximum absolute atomic E-state index is 11.9. The van der Waals surface area contributed by atoms with Gasteiger partial charge in [0.1, 0.15) is 0 Å². The van der Waals surface area contributed by atoms with Gasteiger partial charge in [-0.05, 0) is 25.7 Å². The molecule has 4 nitrogen and oxygen atoms in total. The number of carboxylic acid groups (broad SMARTS) is 1. The van der Waals surface area contributed by atoms with E-state index in [-0.39, 0.29) is 6.42 Å². The lowest BCUT2D eigenvalue weighted by Gasteiger charge is -2.00. The summed E-state index contributed by atoms with van der Waals surface area (Å²) in [7, 11) is 0. The van der Waals surface area contributed by atoms with Crippen molar-refractivity contribution >= 4 is 5.97 Å². The molecule has 7 heteroatoms. The fourth-order valence-electron chi connectivity index (χ4n) is 1.95. The lowest BCUT2D eigenvalue weighted by molar-refractivity contribution is -0.137. The van der Waals surface area contributed by atoms with Crippen LogP contribution < -0.4 is 0 Å². The number of hydrogen-bond acceptors (Lipinski definition) is 3. The Labute approximate surface area is 169 Å². The van der Waals surface area contributed by atoms with Crippen LogP contribution >= 0.6 is 0 Å². The van der Waals surface area contributed by atoms with Crippen LogP contribution in [0.5, 0.6) is 0 Å². The van der Waals surface area contributed by atoms with Crippen LogP contribution in [-0.2, 0) is 4.79 Å². The molecule has 0 amide bonds. The van der Waals surface area contributed by atoms with Crippen LogP contribution in [0.2, 0.25) is 0 Å². The van der Waals surface area contributed by atoms with Crippen molar-refractivity contribution in [3.63, 3.8) is 0 Å². The van der Waals surface area contributed by atoms with Gasteiger partial charge in [0.25, 0.3) is 0 Å². The average molecular weight is 414 g/mol. The molecular weight excluding hydrogens is 385 g/mol. The van der Waals surface area contributed by atoms with E-state index in [2.05, 4.69) is 0 Å². The first-order valence-corrected chi connectivity index (χ1v) is 9.32. The van der Waals surface area contributed by atoms with Crippen LogP contribution in [0, 0.1) is 0 Å². The highest BCUT2D eigenvalue weighted by atomic mass is 19.4. The number of halogens is 3. The molecule has 0 aliphatic heterocycles. The molecule has 162 valence electrons. The van der Waals surface area contributed by atoms with Crippen LogP contribution in [0.1, 0.15) is 38.5 Å². The molecule has 0 fully saturated rings. The SMILES string of the molecule is O=C(O)CC/C=C\C[C@@H](O)/C=C/C=C/C=C\[C@@H](O)C/C=C\C/C=C\CC(F)(F)F. The lowest BCUT2D eigenvalue weighted by atomic mass is 10.2. The van der Waals surface area contributed by atoms with Crippen molar-refractivity contribution in [2.75, 3.05) is 0 Å². The topological polar surface area (TPSA) is 77.8 Å². The number of hydrogen-bond donors (Lipinski definition) is 3. The number of rotatable bonds is 14. The third-order valence-electron chi connectivity index (χ3n) is 3.40. The first kappa shape index (κ1) is 26.6. The Balaban J connectivity index is 3.94. The second-order valence-electron chi connectivity index (χ2n) is 6.16. The molecule has 0 aromatic rings. The van der Waals surface area contributed by atoms with Gasteiger partial charge in [0, 0.05) is 6.42 Å². The minimum Gasteiger partial charge on any atom is -0.481 e. The zero-order chi connectivity index (χ0) is 22.0. The van der Waals surface area contributed by atoms with Crippen molar-refractivity contribution in [3.05, 3.63) is 72.9 Å². The van der Waals surface area contributed by atoms with Crippen molar-refractivity contribution in [3.8, 4) is 0 Å². The van der Waals surface area contributed by atoms with Gasteiger partial charge >= 0.3 is 12.1 Å². The largest absolute Gasteiger partial charge is 0.481 e. The average Bonchev–Trinajstić information content (AvgIpc) is 2.62. The van der Waals surface area contributed by atoms with Crippen LogP contribution in [0.3, 0.4) is 0 Å². The number of aliphatic hydroxyl groups excluding tert-OH is 2. The summed E-state index contributed by atoms with van der Waals surface area (Å²) in [6.07, 6.45) is 14.4. The summed E-state index contributed by atoms with van der Waals surface area (Å²) in [5, 5.41) is 27.9.